The van der Waals surface area contributed by atoms with Crippen LogP contribution in [0.3, 0.4) is 0 Å². The highest BCUT2D eigenvalue weighted by Crippen LogP contribution is 1.95. The molecular formula is C8H18NO2S. The number of nitrogens with zero attached hydrogens (tertiary/aromatic N) is 1. The largest absolute Gasteiger partial charge is 0.227 e. The van der Waals surface area contributed by atoms with Crippen LogP contribution in [-0.2, 0) is 10.0 Å². The van der Waals surface area contributed by atoms with Crippen molar-refractivity contribution in [2.75, 3.05) is 12.3 Å². The highest BCUT2D eigenvalue weighted by Gasteiger charge is 2.08. The summed E-state index contributed by atoms with van der Waals surface area (Å²) in [4.78, 5) is 0. The molecule has 0 saturated carbocycles. The summed E-state index contributed by atoms with van der Waals surface area (Å²) in [7, 11) is -3.09. The predicted octanol–water partition coefficient (Wildman–Crippen LogP) is 1.52. The van der Waals surface area contributed by atoms with E-state index in [9.17, 15) is 8.42 Å². The molecule has 1 radical (unpaired) electrons. The van der Waals surface area contributed by atoms with Gasteiger partial charge in [-0.1, -0.05) is 26.7 Å². The third kappa shape index (κ3) is 6.61. The fourth-order valence-corrected chi connectivity index (χ4v) is 1.94. The molecule has 0 heterocycles. The van der Waals surface area contributed by atoms with Crippen molar-refractivity contribution in [2.24, 2.45) is 0 Å². The molecule has 4 heteroatoms. The third-order valence-electron chi connectivity index (χ3n) is 1.51. The monoisotopic (exact) mass is 192 g/mol. The minimum absolute atomic E-state index is 0.194. The Bertz CT molecular complexity index is 187. The number of hydrogen-bond acceptors (Lipinski definition) is 2. The Labute approximate surface area is 75.6 Å². The molecule has 0 aromatic heterocycles. The van der Waals surface area contributed by atoms with Crippen molar-refractivity contribution in [2.45, 2.75) is 39.5 Å². The van der Waals surface area contributed by atoms with E-state index in [2.05, 4.69) is 11.6 Å². The zero-order chi connectivity index (χ0) is 9.45. The molecule has 0 spiro atoms. The summed E-state index contributed by atoms with van der Waals surface area (Å²) in [5, 5.41) is 0. The van der Waals surface area contributed by atoms with Crippen LogP contribution in [0.2, 0.25) is 0 Å². The lowest BCUT2D eigenvalue weighted by Gasteiger charge is -2.01. The van der Waals surface area contributed by atoms with Crippen LogP contribution in [0, 0.1) is 0 Å². The van der Waals surface area contributed by atoms with Crippen molar-refractivity contribution in [3.05, 3.63) is 0 Å². The van der Waals surface area contributed by atoms with Crippen LogP contribution >= 0.6 is 0 Å². The normalized spacial score (nSPS) is 11.8. The van der Waals surface area contributed by atoms with Crippen LogP contribution in [-0.4, -0.2) is 20.7 Å². The van der Waals surface area contributed by atoms with Gasteiger partial charge in [-0.15, -0.1) is 4.72 Å². The molecule has 0 N–H and O–H groups in total. The second-order valence-electron chi connectivity index (χ2n) is 2.85. The van der Waals surface area contributed by atoms with Gasteiger partial charge in [0, 0.05) is 6.54 Å². The van der Waals surface area contributed by atoms with Crippen LogP contribution in [0.5, 0.6) is 0 Å². The number of unbranched alkanes of at least 4 members (excludes halogenated alkanes) is 2. The van der Waals surface area contributed by atoms with Crippen LogP contribution < -0.4 is 4.72 Å². The summed E-state index contributed by atoms with van der Waals surface area (Å²) in [6, 6.07) is 0. The van der Waals surface area contributed by atoms with Crippen LogP contribution in [0.1, 0.15) is 39.5 Å². The summed E-state index contributed by atoms with van der Waals surface area (Å²) in [5.41, 5.74) is 0. The predicted molar refractivity (Wildman–Crippen MR) is 50.6 cm³/mol. The molecule has 0 aliphatic rings. The third-order valence-corrected chi connectivity index (χ3v) is 3.01. The van der Waals surface area contributed by atoms with E-state index in [1.165, 1.54) is 0 Å². The minimum Gasteiger partial charge on any atom is -0.211 e. The lowest BCUT2D eigenvalue weighted by molar-refractivity contribution is 0.572. The molecule has 0 aromatic rings. The first-order chi connectivity index (χ1) is 5.62. The first-order valence-electron chi connectivity index (χ1n) is 4.54. The van der Waals surface area contributed by atoms with Crippen molar-refractivity contribution in [1.29, 1.82) is 0 Å². The Morgan fingerprint density at radius 2 is 1.75 bits per heavy atom. The first kappa shape index (κ1) is 11.9. The van der Waals surface area contributed by atoms with Gasteiger partial charge < -0.3 is 0 Å². The molecule has 0 aliphatic heterocycles. The molecule has 0 bridgehead atoms. The molecule has 0 saturated heterocycles. The van der Waals surface area contributed by atoms with E-state index < -0.39 is 10.0 Å². The standard InChI is InChI=1S/C8H18NO2S/c1-3-5-6-7-9-12(10,11)8-4-2/h3-8H2,1-2H3. The summed E-state index contributed by atoms with van der Waals surface area (Å²) in [6.45, 7) is 4.40. The van der Waals surface area contributed by atoms with Crippen molar-refractivity contribution >= 4 is 10.0 Å². The van der Waals surface area contributed by atoms with E-state index in [1.54, 1.807) is 0 Å². The summed E-state index contributed by atoms with van der Waals surface area (Å²) < 4.78 is 25.7. The average molecular weight is 192 g/mol. The molecular weight excluding hydrogens is 174 g/mol. The summed E-state index contributed by atoms with van der Waals surface area (Å²) in [6.07, 6.45) is 3.70. The zero-order valence-electron chi connectivity index (χ0n) is 7.91. The molecule has 0 aliphatic carbocycles. The minimum atomic E-state index is -3.09. The van der Waals surface area contributed by atoms with Crippen LogP contribution in [0.25, 0.3) is 0 Å². The van der Waals surface area contributed by atoms with E-state index in [0.717, 1.165) is 19.3 Å². The number of hydrogen-bond donors (Lipinski definition) is 0. The van der Waals surface area contributed by atoms with Gasteiger partial charge >= 0.3 is 0 Å². The van der Waals surface area contributed by atoms with Gasteiger partial charge in [0.2, 0.25) is 10.0 Å². The Morgan fingerprint density at radius 1 is 1.08 bits per heavy atom. The van der Waals surface area contributed by atoms with Crippen molar-refractivity contribution in [3.8, 4) is 0 Å². The van der Waals surface area contributed by atoms with Crippen LogP contribution in [0.4, 0.5) is 0 Å². The van der Waals surface area contributed by atoms with E-state index in [1.807, 2.05) is 6.92 Å². The fraction of sp³-hybridized carbons (Fsp3) is 1.00. The highest BCUT2D eigenvalue weighted by atomic mass is 32.2. The molecule has 0 amide bonds. The lowest BCUT2D eigenvalue weighted by Crippen LogP contribution is -2.20. The Hall–Kier alpha value is -0.0900. The highest BCUT2D eigenvalue weighted by molar-refractivity contribution is 7.89. The van der Waals surface area contributed by atoms with E-state index in [-0.39, 0.29) is 5.75 Å². The fourth-order valence-electron chi connectivity index (χ4n) is 0.888. The number of rotatable bonds is 7. The van der Waals surface area contributed by atoms with Gasteiger partial charge in [0.25, 0.3) is 0 Å². The smallest absolute Gasteiger partial charge is 0.211 e. The maximum atomic E-state index is 11.0. The van der Waals surface area contributed by atoms with Gasteiger partial charge in [0.15, 0.2) is 0 Å². The Morgan fingerprint density at radius 3 is 2.25 bits per heavy atom. The van der Waals surface area contributed by atoms with Gasteiger partial charge in [0.1, 0.15) is 0 Å². The first-order valence-corrected chi connectivity index (χ1v) is 6.14. The average Bonchev–Trinajstić information content (AvgIpc) is 1.98. The van der Waals surface area contributed by atoms with Gasteiger partial charge in [0.05, 0.1) is 5.75 Å². The molecule has 73 valence electrons. The van der Waals surface area contributed by atoms with Crippen molar-refractivity contribution in [1.82, 2.24) is 4.72 Å². The van der Waals surface area contributed by atoms with Crippen molar-refractivity contribution < 1.29 is 8.42 Å². The quantitative estimate of drug-likeness (QED) is 0.574. The lowest BCUT2D eigenvalue weighted by atomic mass is 10.3. The maximum absolute atomic E-state index is 11.0. The van der Waals surface area contributed by atoms with E-state index in [0.29, 0.717) is 13.0 Å². The molecule has 0 atom stereocenters. The second-order valence-corrected chi connectivity index (χ2v) is 4.68. The zero-order valence-corrected chi connectivity index (χ0v) is 8.73. The van der Waals surface area contributed by atoms with Gasteiger partial charge in [-0.3, -0.25) is 0 Å². The van der Waals surface area contributed by atoms with E-state index >= 15 is 0 Å². The van der Waals surface area contributed by atoms with Crippen molar-refractivity contribution in [3.63, 3.8) is 0 Å². The summed E-state index contributed by atoms with van der Waals surface area (Å²) >= 11 is 0. The van der Waals surface area contributed by atoms with E-state index in [4.69, 9.17) is 0 Å². The molecule has 0 aromatic carbocycles. The topological polar surface area (TPSA) is 48.2 Å². The molecule has 0 rings (SSSR count). The summed E-state index contributed by atoms with van der Waals surface area (Å²) in [5.74, 6) is 0.194. The Kier molecular flexibility index (Phi) is 6.38. The second kappa shape index (κ2) is 6.43. The Balaban J connectivity index is 3.48. The molecule has 3 nitrogen and oxygen atoms in total. The number of sulfonamides is 1. The molecule has 0 fully saturated rings. The molecule has 12 heavy (non-hydrogen) atoms. The van der Waals surface area contributed by atoms with Crippen LogP contribution in [0.15, 0.2) is 0 Å². The SMILES string of the molecule is CCCCC[N]S(=O)(=O)CCC. The maximum Gasteiger partial charge on any atom is 0.227 e. The van der Waals surface area contributed by atoms with Gasteiger partial charge in [-0.2, -0.15) is 0 Å². The van der Waals surface area contributed by atoms with Gasteiger partial charge in [-0.25, -0.2) is 8.42 Å². The van der Waals surface area contributed by atoms with Gasteiger partial charge in [-0.05, 0) is 12.8 Å². The molecule has 0 unspecified atom stereocenters.